The van der Waals surface area contributed by atoms with E-state index in [4.69, 9.17) is 28.0 Å². The van der Waals surface area contributed by atoms with Crippen LogP contribution in [0.25, 0.3) is 0 Å². The van der Waals surface area contributed by atoms with Gasteiger partial charge in [-0.25, -0.2) is 0 Å². The Balaban J connectivity index is 1.93. The fourth-order valence-corrected chi connectivity index (χ4v) is 3.40. The Kier molecular flexibility index (Phi) is 8.09. The molecule has 0 saturated carbocycles. The third-order valence-corrected chi connectivity index (χ3v) is 4.71. The number of hydrogen-bond donors (Lipinski definition) is 0. The summed E-state index contributed by atoms with van der Waals surface area (Å²) in [5, 5.41) is 0. The first kappa shape index (κ1) is 20.4. The van der Waals surface area contributed by atoms with Gasteiger partial charge in [-0.15, -0.1) is 0 Å². The highest BCUT2D eigenvalue weighted by molar-refractivity contribution is 7.48. The monoisotopic (exact) mass is 386 g/mol. The third-order valence-electron chi connectivity index (χ3n) is 3.21. The predicted octanol–water partition coefficient (Wildman–Crippen LogP) is 2.92. The molecule has 0 fully saturated rings. The Labute approximate surface area is 153 Å². The summed E-state index contributed by atoms with van der Waals surface area (Å²) in [4.78, 5) is 22.7. The first-order valence-corrected chi connectivity index (χ1v) is 9.68. The van der Waals surface area contributed by atoms with Crippen molar-refractivity contribution < 1.29 is 37.6 Å². The Morgan fingerprint density at radius 1 is 1.27 bits per heavy atom. The molecule has 0 aromatic heterocycles. The normalized spacial score (nSPS) is 14.6. The molecule has 1 aromatic rings. The molecule has 1 aromatic carbocycles. The lowest BCUT2D eigenvalue weighted by atomic mass is 10.2. The van der Waals surface area contributed by atoms with Gasteiger partial charge in [-0.1, -0.05) is 0 Å². The average Bonchev–Trinajstić information content (AvgIpc) is 3.08. The third kappa shape index (κ3) is 5.83. The average molecular weight is 386 g/mol. The molecule has 9 heteroatoms. The van der Waals surface area contributed by atoms with Crippen molar-refractivity contribution in [1.82, 2.24) is 0 Å². The number of aldehydes is 1. The van der Waals surface area contributed by atoms with Crippen LogP contribution in [0, 0.1) is 0 Å². The van der Waals surface area contributed by atoms with Crippen molar-refractivity contribution in [3.05, 3.63) is 17.7 Å². The Morgan fingerprint density at radius 3 is 2.77 bits per heavy atom. The van der Waals surface area contributed by atoms with Gasteiger partial charge in [0.15, 0.2) is 19.9 Å². The summed E-state index contributed by atoms with van der Waals surface area (Å²) in [5.41, 5.74) is 0.427. The van der Waals surface area contributed by atoms with Crippen molar-refractivity contribution >= 4 is 20.6 Å². The van der Waals surface area contributed by atoms with Gasteiger partial charge >= 0.3 is 5.97 Å². The quantitative estimate of drug-likeness (QED) is 0.326. The summed E-state index contributed by atoms with van der Waals surface area (Å²) in [5.74, 6) is 0.977. The fourth-order valence-electron chi connectivity index (χ4n) is 2.18. The summed E-state index contributed by atoms with van der Waals surface area (Å²) < 4.78 is 32.6. The summed E-state index contributed by atoms with van der Waals surface area (Å²) in [6, 6.07) is 3.18. The van der Waals surface area contributed by atoms with E-state index in [1.807, 2.05) is 6.92 Å². The number of carbonyl (C=O) groups excluding carboxylic acids is 2. The van der Waals surface area contributed by atoms with Crippen molar-refractivity contribution in [2.24, 2.45) is 0 Å². The molecule has 144 valence electrons. The summed E-state index contributed by atoms with van der Waals surface area (Å²) in [7, 11) is -1.40. The zero-order chi connectivity index (χ0) is 18.9. The zero-order valence-electron chi connectivity index (χ0n) is 15.1. The maximum absolute atomic E-state index is 11.6. The minimum Gasteiger partial charge on any atom is -0.484 e. The van der Waals surface area contributed by atoms with Crippen LogP contribution in [-0.2, 0) is 18.6 Å². The largest absolute Gasteiger partial charge is 0.484 e. The molecule has 8 nitrogen and oxygen atoms in total. The van der Waals surface area contributed by atoms with E-state index in [-0.39, 0.29) is 31.6 Å². The van der Waals surface area contributed by atoms with Crippen LogP contribution in [0.15, 0.2) is 12.1 Å². The van der Waals surface area contributed by atoms with Gasteiger partial charge in [-0.3, -0.25) is 9.59 Å². The van der Waals surface area contributed by atoms with E-state index < -0.39 is 8.38 Å². The van der Waals surface area contributed by atoms with Gasteiger partial charge in [0, 0.05) is 5.56 Å². The van der Waals surface area contributed by atoms with Gasteiger partial charge in [0.2, 0.25) is 12.5 Å². The predicted molar refractivity (Wildman–Crippen MR) is 94.0 cm³/mol. The zero-order valence-corrected chi connectivity index (χ0v) is 16.0. The molecule has 0 aliphatic carbocycles. The number of hydrogen-bond acceptors (Lipinski definition) is 8. The molecule has 0 saturated heterocycles. The van der Waals surface area contributed by atoms with Gasteiger partial charge in [0.25, 0.3) is 0 Å². The van der Waals surface area contributed by atoms with Crippen LogP contribution in [0.2, 0.25) is 0 Å². The molecule has 0 bridgehead atoms. The second-order valence-electron chi connectivity index (χ2n) is 5.31. The van der Waals surface area contributed by atoms with Crippen molar-refractivity contribution in [3.63, 3.8) is 0 Å². The molecule has 0 amide bonds. The molecule has 2 unspecified atom stereocenters. The fraction of sp³-hybridized carbons (Fsp3) is 0.529. The first-order chi connectivity index (χ1) is 12.6. The van der Waals surface area contributed by atoms with Gasteiger partial charge in [-0.05, 0) is 32.9 Å². The molecule has 26 heavy (non-hydrogen) atoms. The number of carbonyl (C=O) groups is 2. The van der Waals surface area contributed by atoms with E-state index in [0.29, 0.717) is 42.3 Å². The second kappa shape index (κ2) is 10.3. The summed E-state index contributed by atoms with van der Waals surface area (Å²) >= 11 is 0. The maximum atomic E-state index is 11.6. The molecule has 1 aliphatic heterocycles. The number of ether oxygens (including phenoxy) is 4. The van der Waals surface area contributed by atoms with Crippen LogP contribution in [0.1, 0.15) is 31.1 Å². The van der Waals surface area contributed by atoms with E-state index in [1.54, 1.807) is 26.0 Å². The van der Waals surface area contributed by atoms with Crippen LogP contribution in [0.3, 0.4) is 0 Å². The van der Waals surface area contributed by atoms with Crippen LogP contribution in [0.4, 0.5) is 0 Å². The van der Waals surface area contributed by atoms with Crippen molar-refractivity contribution in [3.8, 4) is 17.2 Å². The van der Waals surface area contributed by atoms with Gasteiger partial charge in [0.05, 0.1) is 19.8 Å². The Morgan fingerprint density at radius 2 is 2.08 bits per heavy atom. The van der Waals surface area contributed by atoms with E-state index in [9.17, 15) is 9.59 Å². The smallest absolute Gasteiger partial charge is 0.314 e. The highest BCUT2D eigenvalue weighted by atomic mass is 31.2. The molecule has 0 spiro atoms. The molecule has 2 rings (SSSR count). The Bertz CT molecular complexity index is 621. The number of benzene rings is 1. The van der Waals surface area contributed by atoms with Crippen LogP contribution in [0.5, 0.6) is 17.2 Å². The van der Waals surface area contributed by atoms with E-state index in [2.05, 4.69) is 0 Å². The minimum absolute atomic E-state index is 0.0662. The van der Waals surface area contributed by atoms with E-state index in [1.165, 1.54) is 0 Å². The molecular weight excluding hydrogens is 363 g/mol. The standard InChI is InChI=1S/C17H23O8P/c1-4-20-16(19)10-26(23-5-2)24-9-12(3)25-15-7-13(8-18)6-14-17(15)22-11-21-14/h6-8,12H,4-5,9-11H2,1-3H3. The number of rotatable bonds is 11. The molecule has 0 radical (unpaired) electrons. The lowest BCUT2D eigenvalue weighted by Crippen LogP contribution is -2.20. The van der Waals surface area contributed by atoms with E-state index >= 15 is 0 Å². The van der Waals surface area contributed by atoms with Gasteiger partial charge < -0.3 is 28.0 Å². The lowest BCUT2D eigenvalue weighted by molar-refractivity contribution is -0.140. The SMILES string of the molecule is CCOC(=O)CP(OCC)OCC(C)Oc1cc(C=O)cc2c1OCO2. The molecule has 1 heterocycles. The van der Waals surface area contributed by atoms with E-state index in [0.717, 1.165) is 0 Å². The lowest BCUT2D eigenvalue weighted by Gasteiger charge is -2.20. The molecule has 2 atom stereocenters. The first-order valence-electron chi connectivity index (χ1n) is 8.31. The highest BCUT2D eigenvalue weighted by Gasteiger charge is 2.23. The van der Waals surface area contributed by atoms with Crippen LogP contribution >= 0.6 is 8.38 Å². The number of fused-ring (bicyclic) bond motifs is 1. The Hall–Kier alpha value is -1.89. The second-order valence-corrected chi connectivity index (χ2v) is 6.81. The highest BCUT2D eigenvalue weighted by Crippen LogP contribution is 2.43. The van der Waals surface area contributed by atoms with Gasteiger partial charge in [0.1, 0.15) is 18.6 Å². The molecular formula is C17H23O8P. The molecule has 0 N–H and O–H groups in total. The maximum Gasteiger partial charge on any atom is 0.314 e. The van der Waals surface area contributed by atoms with Crippen LogP contribution in [-0.4, -0.2) is 51.1 Å². The van der Waals surface area contributed by atoms with Crippen molar-refractivity contribution in [2.45, 2.75) is 26.9 Å². The number of esters is 1. The van der Waals surface area contributed by atoms with Crippen LogP contribution < -0.4 is 14.2 Å². The minimum atomic E-state index is -1.40. The molecule has 1 aliphatic rings. The summed E-state index contributed by atoms with van der Waals surface area (Å²) in [6.45, 7) is 6.40. The topological polar surface area (TPSA) is 89.5 Å². The summed E-state index contributed by atoms with van der Waals surface area (Å²) in [6.07, 6.45) is 0.415. The van der Waals surface area contributed by atoms with Crippen molar-refractivity contribution in [1.29, 1.82) is 0 Å². The van der Waals surface area contributed by atoms with Gasteiger partial charge in [-0.2, -0.15) is 0 Å². The van der Waals surface area contributed by atoms with Crippen molar-refractivity contribution in [2.75, 3.05) is 32.8 Å².